The van der Waals surface area contributed by atoms with Crippen LogP contribution in [0, 0.1) is 11.7 Å². The molecule has 2 aromatic carbocycles. The van der Waals surface area contributed by atoms with E-state index in [1.807, 2.05) is 6.07 Å². The Hall–Kier alpha value is -3.98. The summed E-state index contributed by atoms with van der Waals surface area (Å²) >= 11 is 5.96. The van der Waals surface area contributed by atoms with Crippen molar-refractivity contribution in [3.8, 4) is 17.2 Å². The molecular weight excluding hydrogens is 517 g/mol. The fourth-order valence-electron chi connectivity index (χ4n) is 3.67. The SMILES string of the molecule is COc1ccnc(C(=O)C[C@@H](C)C(=O)O[C@@H](C)[C@H](Oc2cc(F)cc(Cl)c2)c2ccccc2)c1OC(C)=O. The molecule has 0 aliphatic rings. The molecule has 0 aliphatic heterocycles. The van der Waals surface area contributed by atoms with E-state index in [2.05, 4.69) is 4.98 Å². The molecule has 0 amide bonds. The van der Waals surface area contributed by atoms with Gasteiger partial charge in [0.25, 0.3) is 0 Å². The number of ketones is 1. The first-order valence-corrected chi connectivity index (χ1v) is 12.1. The summed E-state index contributed by atoms with van der Waals surface area (Å²) < 4.78 is 35.8. The Morgan fingerprint density at radius 1 is 1.05 bits per heavy atom. The van der Waals surface area contributed by atoms with Crippen LogP contribution in [0.3, 0.4) is 0 Å². The lowest BCUT2D eigenvalue weighted by atomic mass is 10.0. The number of ether oxygens (including phenoxy) is 4. The van der Waals surface area contributed by atoms with Gasteiger partial charge >= 0.3 is 11.9 Å². The molecule has 0 radical (unpaired) electrons. The number of benzene rings is 2. The third kappa shape index (κ3) is 7.52. The van der Waals surface area contributed by atoms with Crippen LogP contribution in [0.1, 0.15) is 49.3 Å². The predicted molar refractivity (Wildman–Crippen MR) is 137 cm³/mol. The van der Waals surface area contributed by atoms with Crippen molar-refractivity contribution in [2.75, 3.05) is 7.11 Å². The van der Waals surface area contributed by atoms with Crippen LogP contribution in [0.25, 0.3) is 0 Å². The lowest BCUT2D eigenvalue weighted by Crippen LogP contribution is -2.30. The minimum absolute atomic E-state index is 0.118. The number of nitrogens with zero attached hydrogens (tertiary/aromatic N) is 1. The average molecular weight is 544 g/mol. The first kappa shape index (κ1) is 28.6. The standard InChI is InChI=1S/C28H27ClFNO7/c1-16(12-23(33)25-27(37-18(3)32)24(35-4)10-11-31-25)28(34)36-17(2)26(19-8-6-5-7-9-19)38-22-14-20(29)13-21(30)15-22/h5-11,13-17,26H,12H2,1-4H3/t16-,17+,26+/m1/s1. The zero-order valence-corrected chi connectivity index (χ0v) is 22.0. The first-order chi connectivity index (χ1) is 18.1. The van der Waals surface area contributed by atoms with Crippen molar-refractivity contribution in [2.45, 2.75) is 39.4 Å². The van der Waals surface area contributed by atoms with Crippen LogP contribution in [0.15, 0.2) is 60.8 Å². The van der Waals surface area contributed by atoms with E-state index < -0.39 is 41.7 Å². The van der Waals surface area contributed by atoms with Gasteiger partial charge in [-0.3, -0.25) is 14.4 Å². The smallest absolute Gasteiger partial charge is 0.309 e. The molecular formula is C28H27ClFNO7. The third-order valence-electron chi connectivity index (χ3n) is 5.45. The number of esters is 2. The van der Waals surface area contributed by atoms with Gasteiger partial charge in [0.2, 0.25) is 5.75 Å². The second kappa shape index (κ2) is 13.0. The zero-order chi connectivity index (χ0) is 27.8. The number of pyridine rings is 1. The number of Topliss-reactive ketones (excluding diaryl/α,β-unsaturated/α-hetero) is 1. The lowest BCUT2D eigenvalue weighted by molar-refractivity contribution is -0.157. The van der Waals surface area contributed by atoms with Crippen LogP contribution in [0.2, 0.25) is 5.02 Å². The largest absolute Gasteiger partial charge is 0.493 e. The van der Waals surface area contributed by atoms with Crippen molar-refractivity contribution in [1.82, 2.24) is 4.98 Å². The van der Waals surface area contributed by atoms with Crippen molar-refractivity contribution >= 4 is 29.3 Å². The van der Waals surface area contributed by atoms with Crippen molar-refractivity contribution in [2.24, 2.45) is 5.92 Å². The van der Waals surface area contributed by atoms with Gasteiger partial charge in [-0.05, 0) is 24.6 Å². The highest BCUT2D eigenvalue weighted by molar-refractivity contribution is 6.30. The summed E-state index contributed by atoms with van der Waals surface area (Å²) in [5, 5.41) is 0.155. The normalized spacial score (nSPS) is 13.1. The van der Waals surface area contributed by atoms with Gasteiger partial charge in [0.15, 0.2) is 23.3 Å². The second-order valence-electron chi connectivity index (χ2n) is 8.51. The predicted octanol–water partition coefficient (Wildman–Crippen LogP) is 5.77. The van der Waals surface area contributed by atoms with Crippen LogP contribution < -0.4 is 14.2 Å². The van der Waals surface area contributed by atoms with E-state index in [1.54, 1.807) is 31.2 Å². The number of methoxy groups -OCH3 is 1. The molecule has 3 rings (SSSR count). The van der Waals surface area contributed by atoms with Gasteiger partial charge in [0.05, 0.1) is 13.0 Å². The number of aromatic nitrogens is 1. The topological polar surface area (TPSA) is 101 Å². The van der Waals surface area contributed by atoms with Gasteiger partial charge < -0.3 is 18.9 Å². The summed E-state index contributed by atoms with van der Waals surface area (Å²) in [7, 11) is 1.36. The van der Waals surface area contributed by atoms with Gasteiger partial charge in [0, 0.05) is 36.7 Å². The van der Waals surface area contributed by atoms with E-state index in [0.717, 1.165) is 6.07 Å². The Kier molecular flexibility index (Phi) is 9.78. The number of rotatable bonds is 11. The van der Waals surface area contributed by atoms with E-state index in [0.29, 0.717) is 5.56 Å². The number of hydrogen-bond donors (Lipinski definition) is 0. The molecule has 0 saturated heterocycles. The molecule has 0 spiro atoms. The second-order valence-corrected chi connectivity index (χ2v) is 8.95. The minimum Gasteiger partial charge on any atom is -0.493 e. The van der Waals surface area contributed by atoms with Crippen molar-refractivity contribution in [3.63, 3.8) is 0 Å². The van der Waals surface area contributed by atoms with Gasteiger partial charge in [0.1, 0.15) is 17.7 Å². The molecule has 0 unspecified atom stereocenters. The molecule has 3 aromatic rings. The molecule has 0 aliphatic carbocycles. The number of hydrogen-bond acceptors (Lipinski definition) is 8. The highest BCUT2D eigenvalue weighted by Crippen LogP contribution is 2.32. The van der Waals surface area contributed by atoms with E-state index in [9.17, 15) is 18.8 Å². The van der Waals surface area contributed by atoms with Crippen molar-refractivity contribution < 1.29 is 37.7 Å². The minimum atomic E-state index is -0.872. The maximum Gasteiger partial charge on any atom is 0.309 e. The molecule has 200 valence electrons. The maximum atomic E-state index is 13.9. The molecule has 1 aromatic heterocycles. The summed E-state index contributed by atoms with van der Waals surface area (Å²) in [5.41, 5.74) is 0.546. The van der Waals surface area contributed by atoms with E-state index in [1.165, 1.54) is 45.4 Å². The lowest BCUT2D eigenvalue weighted by Gasteiger charge is -2.26. The van der Waals surface area contributed by atoms with Crippen LogP contribution in [-0.4, -0.2) is 35.9 Å². The number of halogens is 2. The summed E-state index contributed by atoms with van der Waals surface area (Å²) in [6.07, 6.45) is -0.548. The Morgan fingerprint density at radius 3 is 2.39 bits per heavy atom. The molecule has 10 heteroatoms. The third-order valence-corrected chi connectivity index (χ3v) is 5.67. The molecule has 8 nitrogen and oxygen atoms in total. The highest BCUT2D eigenvalue weighted by atomic mass is 35.5. The zero-order valence-electron chi connectivity index (χ0n) is 21.3. The maximum absolute atomic E-state index is 13.9. The number of carbonyl (C=O) groups excluding carboxylic acids is 3. The highest BCUT2D eigenvalue weighted by Gasteiger charge is 2.30. The molecule has 0 saturated carbocycles. The van der Waals surface area contributed by atoms with Crippen molar-refractivity contribution in [1.29, 1.82) is 0 Å². The summed E-state index contributed by atoms with van der Waals surface area (Å²) in [4.78, 5) is 41.5. The monoisotopic (exact) mass is 543 g/mol. The first-order valence-electron chi connectivity index (χ1n) is 11.7. The van der Waals surface area contributed by atoms with Gasteiger partial charge in [-0.15, -0.1) is 0 Å². The Balaban J connectivity index is 1.76. The van der Waals surface area contributed by atoms with E-state index >= 15 is 0 Å². The average Bonchev–Trinajstić information content (AvgIpc) is 2.86. The molecule has 1 heterocycles. The van der Waals surface area contributed by atoms with Crippen LogP contribution in [-0.2, 0) is 14.3 Å². The fourth-order valence-corrected chi connectivity index (χ4v) is 3.88. The van der Waals surface area contributed by atoms with Crippen molar-refractivity contribution in [3.05, 3.63) is 82.9 Å². The van der Waals surface area contributed by atoms with Gasteiger partial charge in [-0.1, -0.05) is 48.9 Å². The quantitative estimate of drug-likeness (QED) is 0.222. The van der Waals surface area contributed by atoms with E-state index in [4.69, 9.17) is 30.5 Å². The summed E-state index contributed by atoms with van der Waals surface area (Å²) in [6, 6.07) is 14.2. The van der Waals surface area contributed by atoms with Crippen LogP contribution in [0.5, 0.6) is 17.2 Å². The molecule has 0 fully saturated rings. The molecule has 0 bridgehead atoms. The van der Waals surface area contributed by atoms with E-state index in [-0.39, 0.29) is 34.4 Å². The summed E-state index contributed by atoms with van der Waals surface area (Å²) in [5.74, 6) is -3.10. The Bertz CT molecular complexity index is 1280. The Morgan fingerprint density at radius 2 is 1.76 bits per heavy atom. The number of carbonyl (C=O) groups is 3. The summed E-state index contributed by atoms with van der Waals surface area (Å²) in [6.45, 7) is 4.35. The van der Waals surface area contributed by atoms with Crippen LogP contribution in [0.4, 0.5) is 4.39 Å². The molecule has 3 atom stereocenters. The fraction of sp³-hybridized carbons (Fsp3) is 0.286. The molecule has 38 heavy (non-hydrogen) atoms. The van der Waals surface area contributed by atoms with Gasteiger partial charge in [-0.2, -0.15) is 0 Å². The Labute approximate surface area is 224 Å². The molecule has 0 N–H and O–H groups in total. The van der Waals surface area contributed by atoms with Gasteiger partial charge in [-0.25, -0.2) is 9.37 Å². The van der Waals surface area contributed by atoms with Crippen LogP contribution >= 0.6 is 11.6 Å².